The Bertz CT molecular complexity index is 547. The van der Waals surface area contributed by atoms with Gasteiger partial charge in [0, 0.05) is 11.0 Å². The maximum atomic E-state index is 11.5. The van der Waals surface area contributed by atoms with E-state index in [0.717, 1.165) is 10.9 Å². The van der Waals surface area contributed by atoms with Crippen LogP contribution in [0.2, 0.25) is 0 Å². The molecule has 1 aliphatic heterocycles. The van der Waals surface area contributed by atoms with Crippen LogP contribution in [0.3, 0.4) is 0 Å². The number of carboxylic acids is 1. The fraction of sp³-hybridized carbons (Fsp3) is 0.385. The first kappa shape index (κ1) is 13.9. The van der Waals surface area contributed by atoms with E-state index in [0.29, 0.717) is 24.2 Å². The Morgan fingerprint density at radius 1 is 1.47 bits per heavy atom. The van der Waals surface area contributed by atoms with Crippen LogP contribution in [0, 0.1) is 0 Å². The largest absolute Gasteiger partial charge is 0.480 e. The predicted octanol–water partition coefficient (Wildman–Crippen LogP) is 1.99. The van der Waals surface area contributed by atoms with E-state index in [1.54, 1.807) is 30.0 Å². The van der Waals surface area contributed by atoms with Crippen LogP contribution < -0.4 is 10.6 Å². The van der Waals surface area contributed by atoms with E-state index in [4.69, 9.17) is 5.73 Å². The summed E-state index contributed by atoms with van der Waals surface area (Å²) >= 11 is 3.34. The molecule has 1 unspecified atom stereocenters. The molecule has 1 fully saturated rings. The van der Waals surface area contributed by atoms with Crippen molar-refractivity contribution in [3.05, 3.63) is 28.2 Å². The van der Waals surface area contributed by atoms with E-state index >= 15 is 0 Å². The van der Waals surface area contributed by atoms with E-state index in [9.17, 15) is 14.7 Å². The minimum atomic E-state index is -0.995. The average Bonchev–Trinajstić information content (AvgIpc) is 2.72. The van der Waals surface area contributed by atoms with Crippen LogP contribution in [0.1, 0.15) is 30.1 Å². The molecular formula is C13H15BrN2O3. The molecule has 0 spiro atoms. The number of amides is 1. The summed E-state index contributed by atoms with van der Waals surface area (Å²) in [6.45, 7) is 2.27. The van der Waals surface area contributed by atoms with Crippen molar-refractivity contribution in [3.63, 3.8) is 0 Å². The minimum Gasteiger partial charge on any atom is -0.480 e. The fourth-order valence-corrected chi connectivity index (χ4v) is 2.86. The van der Waals surface area contributed by atoms with Gasteiger partial charge >= 0.3 is 5.97 Å². The third kappa shape index (κ3) is 2.32. The van der Waals surface area contributed by atoms with E-state index in [2.05, 4.69) is 15.9 Å². The fourth-order valence-electron chi connectivity index (χ4n) is 2.51. The average molecular weight is 327 g/mol. The van der Waals surface area contributed by atoms with Gasteiger partial charge in [0.05, 0.1) is 11.3 Å². The van der Waals surface area contributed by atoms with Crippen LogP contribution in [0.5, 0.6) is 0 Å². The molecule has 1 atom stereocenters. The highest BCUT2D eigenvalue weighted by Gasteiger charge is 2.44. The molecule has 102 valence electrons. The molecule has 0 aromatic heterocycles. The lowest BCUT2D eigenvalue weighted by Gasteiger charge is -2.34. The van der Waals surface area contributed by atoms with Crippen molar-refractivity contribution in [3.8, 4) is 0 Å². The van der Waals surface area contributed by atoms with Crippen molar-refractivity contribution < 1.29 is 14.7 Å². The topological polar surface area (TPSA) is 83.6 Å². The second-order valence-electron chi connectivity index (χ2n) is 4.86. The molecule has 1 aromatic rings. The molecule has 1 saturated heterocycles. The normalized spacial score (nSPS) is 22.5. The van der Waals surface area contributed by atoms with Gasteiger partial charge in [-0.25, -0.2) is 4.79 Å². The Kier molecular flexibility index (Phi) is 3.54. The highest BCUT2D eigenvalue weighted by molar-refractivity contribution is 9.10. The van der Waals surface area contributed by atoms with Crippen LogP contribution in [-0.4, -0.2) is 29.1 Å². The van der Waals surface area contributed by atoms with Crippen LogP contribution >= 0.6 is 15.9 Å². The third-order valence-electron chi connectivity index (χ3n) is 3.62. The zero-order valence-electron chi connectivity index (χ0n) is 10.5. The number of nitrogens with zero attached hydrogens (tertiary/aromatic N) is 1. The number of anilines is 1. The summed E-state index contributed by atoms with van der Waals surface area (Å²) in [7, 11) is 0. The number of benzene rings is 1. The monoisotopic (exact) mass is 326 g/mol. The first-order chi connectivity index (χ1) is 8.86. The number of nitrogens with two attached hydrogens (primary N) is 1. The number of primary amides is 1. The van der Waals surface area contributed by atoms with Crippen LogP contribution in [-0.2, 0) is 4.79 Å². The van der Waals surface area contributed by atoms with E-state index in [1.807, 2.05) is 0 Å². The van der Waals surface area contributed by atoms with E-state index < -0.39 is 17.4 Å². The predicted molar refractivity (Wildman–Crippen MR) is 75.3 cm³/mol. The number of carboxylic acid groups (broad SMARTS) is 1. The number of hydrogen-bond donors (Lipinski definition) is 2. The maximum Gasteiger partial charge on any atom is 0.329 e. The summed E-state index contributed by atoms with van der Waals surface area (Å²) in [6.07, 6.45) is 1.32. The molecule has 0 radical (unpaired) electrons. The Morgan fingerprint density at radius 3 is 2.74 bits per heavy atom. The summed E-state index contributed by atoms with van der Waals surface area (Å²) in [4.78, 5) is 24.8. The molecule has 0 aliphatic carbocycles. The van der Waals surface area contributed by atoms with E-state index in [1.165, 1.54) is 0 Å². The molecule has 5 nitrogen and oxygen atoms in total. The summed E-state index contributed by atoms with van der Waals surface area (Å²) in [5.74, 6) is -1.44. The quantitative estimate of drug-likeness (QED) is 0.889. The molecule has 0 bridgehead atoms. The molecule has 1 aliphatic rings. The lowest BCUT2D eigenvalue weighted by molar-refractivity contribution is -0.142. The van der Waals surface area contributed by atoms with Crippen molar-refractivity contribution in [2.75, 3.05) is 11.4 Å². The highest BCUT2D eigenvalue weighted by Crippen LogP contribution is 2.37. The van der Waals surface area contributed by atoms with Gasteiger partial charge < -0.3 is 15.7 Å². The van der Waals surface area contributed by atoms with Gasteiger partial charge in [-0.2, -0.15) is 0 Å². The van der Waals surface area contributed by atoms with Gasteiger partial charge in [0.15, 0.2) is 0 Å². The maximum absolute atomic E-state index is 11.5. The Hall–Kier alpha value is -1.56. The molecule has 0 saturated carbocycles. The number of carbonyl (C=O) groups is 2. The summed E-state index contributed by atoms with van der Waals surface area (Å²) in [5.41, 5.74) is 5.29. The molecule has 1 heterocycles. The number of aliphatic carboxylic acids is 1. The molecule has 19 heavy (non-hydrogen) atoms. The van der Waals surface area contributed by atoms with Crippen molar-refractivity contribution in [2.45, 2.75) is 25.3 Å². The summed E-state index contributed by atoms with van der Waals surface area (Å²) in [6, 6.07) is 5.08. The standard InChI is InChI=1S/C13H15BrN2O3/c1-13(12(18)19)5-2-6-16(13)10-7-8(14)3-4-9(10)11(15)17/h3-4,7H,2,5-6H2,1H3,(H2,15,17)(H,18,19). The third-order valence-corrected chi connectivity index (χ3v) is 4.11. The summed E-state index contributed by atoms with van der Waals surface area (Å²) < 4.78 is 0.784. The lowest BCUT2D eigenvalue weighted by atomic mass is 9.98. The SMILES string of the molecule is CC1(C(=O)O)CCCN1c1cc(Br)ccc1C(N)=O. The summed E-state index contributed by atoms with van der Waals surface area (Å²) in [5, 5.41) is 9.43. The Balaban J connectivity index is 2.55. The lowest BCUT2D eigenvalue weighted by Crippen LogP contribution is -2.48. The van der Waals surface area contributed by atoms with Gasteiger partial charge in [0.25, 0.3) is 5.91 Å². The second kappa shape index (κ2) is 4.85. The zero-order valence-corrected chi connectivity index (χ0v) is 12.1. The first-order valence-corrected chi connectivity index (χ1v) is 6.76. The number of halogens is 1. The second-order valence-corrected chi connectivity index (χ2v) is 5.78. The zero-order chi connectivity index (χ0) is 14.2. The van der Waals surface area contributed by atoms with Gasteiger partial charge in [-0.05, 0) is 38.0 Å². The van der Waals surface area contributed by atoms with Gasteiger partial charge in [-0.1, -0.05) is 15.9 Å². The Morgan fingerprint density at radius 2 is 2.16 bits per heavy atom. The van der Waals surface area contributed by atoms with Crippen molar-refractivity contribution >= 4 is 33.5 Å². The molecule has 6 heteroatoms. The Labute approximate surface area is 119 Å². The number of rotatable bonds is 3. The molecule has 1 aromatic carbocycles. The number of carbonyl (C=O) groups excluding carboxylic acids is 1. The van der Waals surface area contributed by atoms with Crippen molar-refractivity contribution in [1.82, 2.24) is 0 Å². The highest BCUT2D eigenvalue weighted by atomic mass is 79.9. The van der Waals surface area contributed by atoms with Gasteiger partial charge in [0.2, 0.25) is 0 Å². The molecule has 1 amide bonds. The van der Waals surface area contributed by atoms with Gasteiger partial charge in [-0.15, -0.1) is 0 Å². The number of hydrogen-bond acceptors (Lipinski definition) is 3. The molecule has 3 N–H and O–H groups in total. The minimum absolute atomic E-state index is 0.345. The van der Waals surface area contributed by atoms with Gasteiger partial charge in [0.1, 0.15) is 5.54 Å². The van der Waals surface area contributed by atoms with Crippen LogP contribution in [0.4, 0.5) is 5.69 Å². The van der Waals surface area contributed by atoms with Crippen LogP contribution in [0.15, 0.2) is 22.7 Å². The first-order valence-electron chi connectivity index (χ1n) is 5.96. The van der Waals surface area contributed by atoms with Gasteiger partial charge in [-0.3, -0.25) is 4.79 Å². The molecule has 2 rings (SSSR count). The van der Waals surface area contributed by atoms with E-state index in [-0.39, 0.29) is 0 Å². The van der Waals surface area contributed by atoms with Crippen molar-refractivity contribution in [1.29, 1.82) is 0 Å². The van der Waals surface area contributed by atoms with Crippen molar-refractivity contribution in [2.24, 2.45) is 5.73 Å². The molecular weight excluding hydrogens is 312 g/mol. The van der Waals surface area contributed by atoms with Crippen LogP contribution in [0.25, 0.3) is 0 Å². The smallest absolute Gasteiger partial charge is 0.329 e.